The number of benzene rings is 2. The normalized spacial score (nSPS) is 15.0. The van der Waals surface area contributed by atoms with Gasteiger partial charge in [0.2, 0.25) is 0 Å². The molecule has 3 heteroatoms. The number of hydrogen-bond donors (Lipinski definition) is 1. The standard InChI is InChI=1S/C18H18N2O/c1-21-15-6-4-5-14(11-15)20-18(12-19)17-8-3-2-7-16(17)13-9-10-13/h2-8,11,13,18,20H,9-10H2,1H3. The lowest BCUT2D eigenvalue weighted by Crippen LogP contribution is -2.10. The highest BCUT2D eigenvalue weighted by atomic mass is 16.5. The fraction of sp³-hybridized carbons (Fsp3) is 0.278. The Balaban J connectivity index is 1.87. The van der Waals surface area contributed by atoms with Crippen LogP contribution in [-0.4, -0.2) is 7.11 Å². The van der Waals surface area contributed by atoms with Crippen molar-refractivity contribution in [3.63, 3.8) is 0 Å². The summed E-state index contributed by atoms with van der Waals surface area (Å²) in [5, 5.41) is 12.9. The number of nitriles is 1. The van der Waals surface area contributed by atoms with E-state index in [1.54, 1.807) is 7.11 Å². The topological polar surface area (TPSA) is 45.0 Å². The van der Waals surface area contributed by atoms with E-state index in [1.165, 1.54) is 18.4 Å². The number of hydrogen-bond acceptors (Lipinski definition) is 3. The summed E-state index contributed by atoms with van der Waals surface area (Å²) in [4.78, 5) is 0. The predicted octanol–water partition coefficient (Wildman–Crippen LogP) is 4.25. The van der Waals surface area contributed by atoms with E-state index >= 15 is 0 Å². The van der Waals surface area contributed by atoms with E-state index in [-0.39, 0.29) is 6.04 Å². The minimum Gasteiger partial charge on any atom is -0.497 e. The Morgan fingerprint density at radius 3 is 2.71 bits per heavy atom. The first-order valence-corrected chi connectivity index (χ1v) is 7.21. The second-order valence-corrected chi connectivity index (χ2v) is 5.34. The molecule has 2 aromatic carbocycles. The molecule has 1 saturated carbocycles. The first-order chi connectivity index (χ1) is 10.3. The first kappa shape index (κ1) is 13.5. The molecule has 0 aromatic heterocycles. The number of anilines is 1. The molecule has 3 nitrogen and oxygen atoms in total. The number of methoxy groups -OCH3 is 1. The molecular weight excluding hydrogens is 260 g/mol. The fourth-order valence-corrected chi connectivity index (χ4v) is 2.60. The zero-order valence-corrected chi connectivity index (χ0v) is 12.0. The zero-order chi connectivity index (χ0) is 14.7. The summed E-state index contributed by atoms with van der Waals surface area (Å²) >= 11 is 0. The molecule has 1 aliphatic rings. The molecular formula is C18H18N2O. The van der Waals surface area contributed by atoms with E-state index in [0.717, 1.165) is 17.0 Å². The average molecular weight is 278 g/mol. The maximum atomic E-state index is 9.55. The van der Waals surface area contributed by atoms with Crippen LogP contribution >= 0.6 is 0 Å². The van der Waals surface area contributed by atoms with Crippen molar-refractivity contribution in [2.24, 2.45) is 0 Å². The highest BCUT2D eigenvalue weighted by Gasteiger charge is 2.28. The van der Waals surface area contributed by atoms with Crippen molar-refractivity contribution in [2.45, 2.75) is 24.8 Å². The van der Waals surface area contributed by atoms with Gasteiger partial charge in [0.25, 0.3) is 0 Å². The summed E-state index contributed by atoms with van der Waals surface area (Å²) in [7, 11) is 1.64. The molecule has 106 valence electrons. The summed E-state index contributed by atoms with van der Waals surface area (Å²) in [6.45, 7) is 0. The van der Waals surface area contributed by atoms with Crippen LogP contribution in [0.15, 0.2) is 48.5 Å². The highest BCUT2D eigenvalue weighted by Crippen LogP contribution is 2.43. The molecule has 1 N–H and O–H groups in total. The van der Waals surface area contributed by atoms with Crippen molar-refractivity contribution in [3.05, 3.63) is 59.7 Å². The third-order valence-electron chi connectivity index (χ3n) is 3.83. The molecule has 0 heterocycles. The first-order valence-electron chi connectivity index (χ1n) is 7.21. The second kappa shape index (κ2) is 5.88. The van der Waals surface area contributed by atoms with Gasteiger partial charge in [-0.3, -0.25) is 0 Å². The Bertz CT molecular complexity index is 671. The summed E-state index contributed by atoms with van der Waals surface area (Å²) in [5.74, 6) is 1.41. The van der Waals surface area contributed by atoms with E-state index in [1.807, 2.05) is 30.3 Å². The van der Waals surface area contributed by atoms with E-state index in [4.69, 9.17) is 4.74 Å². The lowest BCUT2D eigenvalue weighted by Gasteiger charge is -2.17. The lowest BCUT2D eigenvalue weighted by molar-refractivity contribution is 0.415. The monoisotopic (exact) mass is 278 g/mol. The number of rotatable bonds is 5. The van der Waals surface area contributed by atoms with Crippen LogP contribution in [0, 0.1) is 11.3 Å². The van der Waals surface area contributed by atoms with Crippen molar-refractivity contribution in [1.29, 1.82) is 5.26 Å². The molecule has 0 aliphatic heterocycles. The Morgan fingerprint density at radius 1 is 1.19 bits per heavy atom. The van der Waals surface area contributed by atoms with Crippen LogP contribution in [0.25, 0.3) is 0 Å². The minimum absolute atomic E-state index is 0.339. The van der Waals surface area contributed by atoms with Crippen LogP contribution in [0.4, 0.5) is 5.69 Å². The highest BCUT2D eigenvalue weighted by molar-refractivity contribution is 5.52. The summed E-state index contributed by atoms with van der Waals surface area (Å²) in [6.07, 6.45) is 2.46. The van der Waals surface area contributed by atoms with Gasteiger partial charge in [0.15, 0.2) is 0 Å². The number of nitrogens with one attached hydrogen (secondary N) is 1. The molecule has 0 bridgehead atoms. The van der Waals surface area contributed by atoms with Crippen molar-refractivity contribution in [1.82, 2.24) is 0 Å². The van der Waals surface area contributed by atoms with Crippen LogP contribution < -0.4 is 10.1 Å². The maximum absolute atomic E-state index is 9.55. The Hall–Kier alpha value is -2.47. The summed E-state index contributed by atoms with van der Waals surface area (Å²) < 4.78 is 5.22. The molecule has 0 amide bonds. The quantitative estimate of drug-likeness (QED) is 0.889. The molecule has 0 spiro atoms. The van der Waals surface area contributed by atoms with Gasteiger partial charge in [-0.05, 0) is 42.0 Å². The SMILES string of the molecule is COc1cccc(NC(C#N)c2ccccc2C2CC2)c1. The van der Waals surface area contributed by atoms with E-state index in [0.29, 0.717) is 5.92 Å². The number of ether oxygens (including phenoxy) is 1. The van der Waals surface area contributed by atoms with Gasteiger partial charge >= 0.3 is 0 Å². The van der Waals surface area contributed by atoms with Crippen LogP contribution in [0.3, 0.4) is 0 Å². The van der Waals surface area contributed by atoms with Crippen molar-refractivity contribution >= 4 is 5.69 Å². The molecule has 2 aromatic rings. The third kappa shape index (κ3) is 3.00. The third-order valence-corrected chi connectivity index (χ3v) is 3.83. The average Bonchev–Trinajstić information content (AvgIpc) is 3.38. The van der Waals surface area contributed by atoms with Gasteiger partial charge in [-0.1, -0.05) is 30.3 Å². The lowest BCUT2D eigenvalue weighted by atomic mass is 9.97. The Morgan fingerprint density at radius 2 is 2.00 bits per heavy atom. The van der Waals surface area contributed by atoms with Gasteiger partial charge in [-0.15, -0.1) is 0 Å². The number of nitrogens with zero attached hydrogens (tertiary/aromatic N) is 1. The smallest absolute Gasteiger partial charge is 0.140 e. The van der Waals surface area contributed by atoms with Gasteiger partial charge in [0.1, 0.15) is 11.8 Å². The molecule has 1 atom stereocenters. The predicted molar refractivity (Wildman–Crippen MR) is 83.4 cm³/mol. The molecule has 0 saturated heterocycles. The molecule has 1 aliphatic carbocycles. The molecule has 1 fully saturated rings. The molecule has 0 radical (unpaired) electrons. The van der Waals surface area contributed by atoms with E-state index in [2.05, 4.69) is 29.6 Å². The zero-order valence-electron chi connectivity index (χ0n) is 12.0. The Kier molecular flexibility index (Phi) is 3.79. The summed E-state index contributed by atoms with van der Waals surface area (Å²) in [5.41, 5.74) is 3.29. The van der Waals surface area contributed by atoms with E-state index in [9.17, 15) is 5.26 Å². The Labute approximate surface area is 125 Å². The molecule has 21 heavy (non-hydrogen) atoms. The van der Waals surface area contributed by atoms with E-state index < -0.39 is 0 Å². The van der Waals surface area contributed by atoms with Crippen molar-refractivity contribution in [3.8, 4) is 11.8 Å². The van der Waals surface area contributed by atoms with Gasteiger partial charge in [0.05, 0.1) is 13.2 Å². The van der Waals surface area contributed by atoms with Crippen LogP contribution in [0.1, 0.15) is 35.9 Å². The maximum Gasteiger partial charge on any atom is 0.140 e. The van der Waals surface area contributed by atoms with Crippen LogP contribution in [-0.2, 0) is 0 Å². The summed E-state index contributed by atoms with van der Waals surface area (Å²) in [6, 6.07) is 18.0. The fourth-order valence-electron chi connectivity index (χ4n) is 2.60. The minimum atomic E-state index is -0.339. The van der Waals surface area contributed by atoms with Crippen LogP contribution in [0.5, 0.6) is 5.75 Å². The molecule has 1 unspecified atom stereocenters. The molecule has 3 rings (SSSR count). The van der Waals surface area contributed by atoms with Gasteiger partial charge in [-0.25, -0.2) is 0 Å². The van der Waals surface area contributed by atoms with Gasteiger partial charge in [-0.2, -0.15) is 5.26 Å². The van der Waals surface area contributed by atoms with Crippen molar-refractivity contribution in [2.75, 3.05) is 12.4 Å². The second-order valence-electron chi connectivity index (χ2n) is 5.34. The van der Waals surface area contributed by atoms with Gasteiger partial charge < -0.3 is 10.1 Å². The van der Waals surface area contributed by atoms with Crippen molar-refractivity contribution < 1.29 is 4.74 Å². The van der Waals surface area contributed by atoms with Crippen LogP contribution in [0.2, 0.25) is 0 Å². The van der Waals surface area contributed by atoms with Gasteiger partial charge in [0, 0.05) is 11.8 Å². The largest absolute Gasteiger partial charge is 0.497 e.